The highest BCUT2D eigenvalue weighted by Crippen LogP contribution is 2.28. The van der Waals surface area contributed by atoms with E-state index in [-0.39, 0.29) is 23.0 Å². The second-order valence-electron chi connectivity index (χ2n) is 10.5. The van der Waals surface area contributed by atoms with Crippen molar-refractivity contribution < 1.29 is 0 Å². The lowest BCUT2D eigenvalue weighted by atomic mass is 9.97. The van der Waals surface area contributed by atoms with Crippen LogP contribution in [0.5, 0.6) is 0 Å². The molecule has 0 atom stereocenters. The number of aromatic nitrogens is 4. The van der Waals surface area contributed by atoms with Crippen molar-refractivity contribution in [3.05, 3.63) is 78.3 Å². The molecule has 0 spiro atoms. The van der Waals surface area contributed by atoms with Crippen LogP contribution in [0.1, 0.15) is 49.4 Å². The second kappa shape index (κ2) is 9.15. The van der Waals surface area contributed by atoms with Gasteiger partial charge in [0.2, 0.25) is 0 Å². The molecular formula is C29H34N6O3. The van der Waals surface area contributed by atoms with Gasteiger partial charge in [-0.1, -0.05) is 11.6 Å². The van der Waals surface area contributed by atoms with E-state index in [0.29, 0.717) is 56.5 Å². The van der Waals surface area contributed by atoms with Gasteiger partial charge in [-0.15, -0.1) is 0 Å². The van der Waals surface area contributed by atoms with Crippen molar-refractivity contribution in [2.45, 2.75) is 59.2 Å². The Bertz CT molecular complexity index is 1790. The van der Waals surface area contributed by atoms with Crippen LogP contribution in [0.25, 0.3) is 21.9 Å². The molecule has 2 aliphatic heterocycles. The molecule has 198 valence electrons. The summed E-state index contributed by atoms with van der Waals surface area (Å²) < 4.78 is 6.73. The molecule has 9 nitrogen and oxygen atoms in total. The van der Waals surface area contributed by atoms with Crippen LogP contribution >= 0.6 is 0 Å². The Morgan fingerprint density at radius 1 is 0.895 bits per heavy atom. The molecule has 9 heteroatoms. The van der Waals surface area contributed by atoms with Gasteiger partial charge in [-0.3, -0.25) is 28.1 Å². The van der Waals surface area contributed by atoms with E-state index in [1.54, 1.807) is 11.6 Å². The summed E-state index contributed by atoms with van der Waals surface area (Å²) in [7, 11) is 1.74. The Kier molecular flexibility index (Phi) is 5.89. The number of aryl methyl sites for hydroxylation is 4. The molecule has 38 heavy (non-hydrogen) atoms. The van der Waals surface area contributed by atoms with E-state index >= 15 is 0 Å². The lowest BCUT2D eigenvalue weighted by molar-refractivity contribution is 0.256. The minimum absolute atomic E-state index is 0.0317. The number of hydrogen-bond donors (Lipinski definition) is 0. The smallest absolute Gasteiger partial charge is 0.331 e. The Morgan fingerprint density at radius 2 is 1.58 bits per heavy atom. The van der Waals surface area contributed by atoms with E-state index < -0.39 is 0 Å². The van der Waals surface area contributed by atoms with Crippen LogP contribution < -0.4 is 16.9 Å². The Morgan fingerprint density at radius 3 is 2.26 bits per heavy atom. The van der Waals surface area contributed by atoms with Crippen LogP contribution in [0.2, 0.25) is 0 Å². The van der Waals surface area contributed by atoms with Crippen molar-refractivity contribution in [3.8, 4) is 0 Å². The Labute approximate surface area is 220 Å². The predicted molar refractivity (Wildman–Crippen MR) is 151 cm³/mol. The number of nitrogens with zero attached hydrogens (tertiary/aromatic N) is 6. The molecule has 0 amide bonds. The molecule has 1 fully saturated rings. The van der Waals surface area contributed by atoms with Gasteiger partial charge in [0.15, 0.2) is 0 Å². The predicted octanol–water partition coefficient (Wildman–Crippen LogP) is 2.80. The summed E-state index contributed by atoms with van der Waals surface area (Å²) in [6.07, 6.45) is 2.23. The van der Waals surface area contributed by atoms with Crippen LogP contribution in [0.4, 0.5) is 0 Å². The highest BCUT2D eigenvalue weighted by molar-refractivity contribution is 6.03. The second-order valence-corrected chi connectivity index (χ2v) is 10.5. The molecule has 4 aromatic rings. The molecule has 1 saturated heterocycles. The summed E-state index contributed by atoms with van der Waals surface area (Å²) in [5.74, 6) is 0.959. The van der Waals surface area contributed by atoms with E-state index in [1.165, 1.54) is 10.1 Å². The maximum Gasteiger partial charge on any atom is 0.331 e. The van der Waals surface area contributed by atoms with Crippen molar-refractivity contribution in [2.75, 3.05) is 19.6 Å². The van der Waals surface area contributed by atoms with Crippen LogP contribution in [0, 0.1) is 6.92 Å². The molecule has 0 saturated carbocycles. The third-order valence-corrected chi connectivity index (χ3v) is 8.34. The number of hydrogen-bond acceptors (Lipinski definition) is 5. The fourth-order valence-electron chi connectivity index (χ4n) is 6.32. The molecule has 2 aromatic heterocycles. The molecule has 6 rings (SSSR count). The average molecular weight is 515 g/mol. The van der Waals surface area contributed by atoms with Gasteiger partial charge in [0, 0.05) is 51.4 Å². The van der Waals surface area contributed by atoms with Crippen LogP contribution in [0.3, 0.4) is 0 Å². The largest absolute Gasteiger partial charge is 0.356 e. The van der Waals surface area contributed by atoms with Gasteiger partial charge >= 0.3 is 11.4 Å². The molecule has 2 aromatic carbocycles. The summed E-state index contributed by atoms with van der Waals surface area (Å²) >= 11 is 0. The summed E-state index contributed by atoms with van der Waals surface area (Å²) in [4.78, 5) is 46.8. The van der Waals surface area contributed by atoms with Crippen LogP contribution in [-0.2, 0) is 26.6 Å². The van der Waals surface area contributed by atoms with E-state index in [1.807, 2.05) is 48.1 Å². The summed E-state index contributed by atoms with van der Waals surface area (Å²) in [6, 6.07) is 9.80. The molecule has 0 aliphatic carbocycles. The van der Waals surface area contributed by atoms with Crippen molar-refractivity contribution in [1.82, 2.24) is 23.2 Å². The van der Waals surface area contributed by atoms with Gasteiger partial charge in [-0.2, -0.15) is 0 Å². The highest BCUT2D eigenvalue weighted by Gasteiger charge is 2.29. The zero-order valence-electron chi connectivity index (χ0n) is 22.5. The molecule has 4 heterocycles. The lowest BCUT2D eigenvalue weighted by Gasteiger charge is -2.36. The summed E-state index contributed by atoms with van der Waals surface area (Å²) in [6.45, 7) is 9.35. The summed E-state index contributed by atoms with van der Waals surface area (Å²) in [5.41, 5.74) is 5.48. The maximum atomic E-state index is 13.4. The number of rotatable bonds is 3. The van der Waals surface area contributed by atoms with Crippen molar-refractivity contribution in [3.63, 3.8) is 0 Å². The molecular weight excluding hydrogens is 480 g/mol. The summed E-state index contributed by atoms with van der Waals surface area (Å²) in [5, 5.41) is 0.588. The lowest BCUT2D eigenvalue weighted by Crippen LogP contribution is -2.47. The molecule has 0 unspecified atom stereocenters. The number of fused-ring (bicyclic) bond motifs is 3. The Balaban J connectivity index is 1.33. The number of aliphatic imine (C=N–C) groups is 1. The normalized spacial score (nSPS) is 16.3. The van der Waals surface area contributed by atoms with Gasteiger partial charge in [-0.05, 0) is 69.9 Å². The van der Waals surface area contributed by atoms with Crippen LogP contribution in [-0.4, -0.2) is 48.6 Å². The minimum atomic E-state index is -0.259. The average Bonchev–Trinajstić information content (AvgIpc) is 3.19. The molecule has 0 bridgehead atoms. The monoisotopic (exact) mass is 514 g/mol. The fraction of sp³-hybridized carbons (Fsp3) is 0.448. The van der Waals surface area contributed by atoms with Crippen molar-refractivity contribution in [1.29, 1.82) is 0 Å². The first-order chi connectivity index (χ1) is 18.3. The Hall–Kier alpha value is -3.88. The quantitative estimate of drug-likeness (QED) is 0.421. The molecule has 0 radical (unpaired) electrons. The standard InChI is InChI=1S/C29H34N6O3/c1-5-33-24-16-19-9-12-30-26(21(19)17-25(24)34(6-2)29(33)38)32-13-10-20(11-14-32)35-27(36)22-15-18(3)7-8-23(22)31(4)28(35)37/h7-8,15-17,20H,5-6,9-14H2,1-4H3. The zero-order valence-corrected chi connectivity index (χ0v) is 22.5. The van der Waals surface area contributed by atoms with E-state index in [2.05, 4.69) is 17.0 Å². The first-order valence-corrected chi connectivity index (χ1v) is 13.6. The van der Waals surface area contributed by atoms with Gasteiger partial charge < -0.3 is 4.90 Å². The number of amidine groups is 1. The van der Waals surface area contributed by atoms with Gasteiger partial charge in [0.25, 0.3) is 5.56 Å². The highest BCUT2D eigenvalue weighted by atomic mass is 16.2. The van der Waals surface area contributed by atoms with Crippen molar-refractivity contribution in [2.24, 2.45) is 12.0 Å². The first-order valence-electron chi connectivity index (χ1n) is 13.6. The number of benzene rings is 2. The van der Waals surface area contributed by atoms with E-state index in [4.69, 9.17) is 4.99 Å². The zero-order chi connectivity index (χ0) is 26.7. The number of likely N-dealkylation sites (tertiary alicyclic amines) is 1. The molecule has 0 N–H and O–H groups in total. The number of piperidine rings is 1. The topological polar surface area (TPSA) is 86.5 Å². The van der Waals surface area contributed by atoms with Crippen molar-refractivity contribution >= 4 is 27.8 Å². The van der Waals surface area contributed by atoms with E-state index in [9.17, 15) is 14.4 Å². The van der Waals surface area contributed by atoms with Crippen LogP contribution in [0.15, 0.2) is 49.7 Å². The SMILES string of the molecule is CCn1c(=O)n(CC)c2cc3c(cc21)CCN=C3N1CCC(n2c(=O)c3cc(C)ccc3n(C)c2=O)CC1. The van der Waals surface area contributed by atoms with E-state index in [0.717, 1.165) is 34.4 Å². The maximum absolute atomic E-state index is 13.4. The third-order valence-electron chi connectivity index (χ3n) is 8.34. The molecule has 2 aliphatic rings. The van der Waals surface area contributed by atoms with Gasteiger partial charge in [0.05, 0.1) is 21.9 Å². The number of imidazole rings is 1. The van der Waals surface area contributed by atoms with Gasteiger partial charge in [-0.25, -0.2) is 9.59 Å². The first kappa shape index (κ1) is 24.5. The third kappa shape index (κ3) is 3.59. The van der Waals surface area contributed by atoms with Gasteiger partial charge in [0.1, 0.15) is 5.84 Å². The fourth-order valence-corrected chi connectivity index (χ4v) is 6.32. The minimum Gasteiger partial charge on any atom is -0.356 e.